The molecule has 1 atom stereocenters. The standard InChI is InChI=1S/C16H27N3/c1-4-13-5-7-14(8-6-13)19(3)15-9-10-16(12(2)17)18-11-15/h9-14H,4-8,17H2,1-3H3. The molecule has 1 unspecified atom stereocenters. The van der Waals surface area contributed by atoms with Gasteiger partial charge in [-0.2, -0.15) is 0 Å². The van der Waals surface area contributed by atoms with Gasteiger partial charge in [0, 0.05) is 19.1 Å². The maximum absolute atomic E-state index is 5.84. The molecule has 2 N–H and O–H groups in total. The van der Waals surface area contributed by atoms with E-state index in [-0.39, 0.29) is 6.04 Å². The molecule has 19 heavy (non-hydrogen) atoms. The number of aromatic nitrogens is 1. The molecule has 2 rings (SSSR count). The summed E-state index contributed by atoms with van der Waals surface area (Å²) in [5, 5.41) is 0. The third-order valence-electron chi connectivity index (χ3n) is 4.59. The number of hydrogen-bond acceptors (Lipinski definition) is 3. The first kappa shape index (κ1) is 14.3. The van der Waals surface area contributed by atoms with Crippen LogP contribution in [0.3, 0.4) is 0 Å². The van der Waals surface area contributed by atoms with Crippen LogP contribution in [0.2, 0.25) is 0 Å². The molecule has 0 amide bonds. The van der Waals surface area contributed by atoms with Crippen LogP contribution >= 0.6 is 0 Å². The number of hydrogen-bond donors (Lipinski definition) is 1. The summed E-state index contributed by atoms with van der Waals surface area (Å²) < 4.78 is 0. The topological polar surface area (TPSA) is 42.1 Å². The zero-order valence-corrected chi connectivity index (χ0v) is 12.5. The van der Waals surface area contributed by atoms with E-state index in [1.807, 2.05) is 19.2 Å². The van der Waals surface area contributed by atoms with Crippen molar-refractivity contribution in [2.24, 2.45) is 11.7 Å². The van der Waals surface area contributed by atoms with Crippen molar-refractivity contribution in [3.63, 3.8) is 0 Å². The van der Waals surface area contributed by atoms with E-state index in [9.17, 15) is 0 Å². The van der Waals surface area contributed by atoms with E-state index in [1.54, 1.807) is 0 Å². The average molecular weight is 261 g/mol. The molecule has 1 aliphatic carbocycles. The monoisotopic (exact) mass is 261 g/mol. The fraction of sp³-hybridized carbons (Fsp3) is 0.688. The lowest BCUT2D eigenvalue weighted by Crippen LogP contribution is -2.35. The second-order valence-corrected chi connectivity index (χ2v) is 5.92. The first-order valence-corrected chi connectivity index (χ1v) is 7.56. The van der Waals surface area contributed by atoms with Gasteiger partial charge in [-0.25, -0.2) is 0 Å². The zero-order chi connectivity index (χ0) is 13.8. The Bertz CT molecular complexity index is 377. The predicted molar refractivity (Wildman–Crippen MR) is 81.3 cm³/mol. The molecule has 1 aromatic rings. The van der Waals surface area contributed by atoms with Crippen LogP contribution in [0.25, 0.3) is 0 Å². The van der Waals surface area contributed by atoms with E-state index in [1.165, 1.54) is 37.8 Å². The molecule has 0 radical (unpaired) electrons. The van der Waals surface area contributed by atoms with Crippen LogP contribution in [-0.2, 0) is 0 Å². The van der Waals surface area contributed by atoms with Crippen LogP contribution in [0.1, 0.15) is 57.7 Å². The van der Waals surface area contributed by atoms with Gasteiger partial charge >= 0.3 is 0 Å². The van der Waals surface area contributed by atoms with Crippen LogP contribution in [0, 0.1) is 5.92 Å². The van der Waals surface area contributed by atoms with Crippen LogP contribution in [0.4, 0.5) is 5.69 Å². The normalized spacial score (nSPS) is 25.1. The number of nitrogens with two attached hydrogens (primary N) is 1. The van der Waals surface area contributed by atoms with Crippen molar-refractivity contribution < 1.29 is 0 Å². The number of pyridine rings is 1. The molecule has 1 fully saturated rings. The Morgan fingerprint density at radius 3 is 2.47 bits per heavy atom. The van der Waals surface area contributed by atoms with Gasteiger partial charge in [0.25, 0.3) is 0 Å². The van der Waals surface area contributed by atoms with Gasteiger partial charge < -0.3 is 10.6 Å². The molecule has 1 saturated carbocycles. The van der Waals surface area contributed by atoms with E-state index in [4.69, 9.17) is 5.73 Å². The summed E-state index contributed by atoms with van der Waals surface area (Å²) in [4.78, 5) is 6.85. The minimum absolute atomic E-state index is 0.0133. The minimum Gasteiger partial charge on any atom is -0.370 e. The van der Waals surface area contributed by atoms with Crippen LogP contribution in [-0.4, -0.2) is 18.1 Å². The molecular formula is C16H27N3. The first-order valence-electron chi connectivity index (χ1n) is 7.56. The Morgan fingerprint density at radius 2 is 2.00 bits per heavy atom. The third kappa shape index (κ3) is 3.47. The highest BCUT2D eigenvalue weighted by Gasteiger charge is 2.23. The fourth-order valence-electron chi connectivity index (χ4n) is 3.03. The lowest BCUT2D eigenvalue weighted by atomic mass is 9.84. The van der Waals surface area contributed by atoms with Gasteiger partial charge in [-0.3, -0.25) is 4.98 Å². The van der Waals surface area contributed by atoms with Crippen molar-refractivity contribution in [3.8, 4) is 0 Å². The molecular weight excluding hydrogens is 234 g/mol. The number of anilines is 1. The van der Waals surface area contributed by atoms with E-state index in [0.717, 1.165) is 11.6 Å². The quantitative estimate of drug-likeness (QED) is 0.902. The van der Waals surface area contributed by atoms with E-state index >= 15 is 0 Å². The summed E-state index contributed by atoms with van der Waals surface area (Å²) in [6.07, 6.45) is 8.66. The summed E-state index contributed by atoms with van der Waals surface area (Å²) in [6.45, 7) is 4.28. The van der Waals surface area contributed by atoms with Crippen molar-refractivity contribution in [3.05, 3.63) is 24.0 Å². The van der Waals surface area contributed by atoms with Gasteiger partial charge in [0.1, 0.15) is 0 Å². The zero-order valence-electron chi connectivity index (χ0n) is 12.5. The van der Waals surface area contributed by atoms with E-state index in [2.05, 4.69) is 29.9 Å². The Balaban J connectivity index is 1.97. The van der Waals surface area contributed by atoms with Gasteiger partial charge in [0.15, 0.2) is 0 Å². The Kier molecular flexibility index (Phi) is 4.81. The molecule has 1 aliphatic rings. The summed E-state index contributed by atoms with van der Waals surface area (Å²) in [5.41, 5.74) is 8.01. The molecule has 0 spiro atoms. The predicted octanol–water partition coefficient (Wildman–Crippen LogP) is 3.51. The van der Waals surface area contributed by atoms with Gasteiger partial charge in [0.2, 0.25) is 0 Å². The average Bonchev–Trinajstić information content (AvgIpc) is 2.46. The highest BCUT2D eigenvalue weighted by atomic mass is 15.1. The van der Waals surface area contributed by atoms with Crippen LogP contribution < -0.4 is 10.6 Å². The van der Waals surface area contributed by atoms with E-state index in [0.29, 0.717) is 6.04 Å². The molecule has 0 bridgehead atoms. The molecule has 0 saturated heterocycles. The summed E-state index contributed by atoms with van der Waals surface area (Å²) in [5.74, 6) is 0.947. The Labute approximate surface area is 117 Å². The molecule has 0 aliphatic heterocycles. The van der Waals surface area contributed by atoms with Crippen LogP contribution in [0.5, 0.6) is 0 Å². The molecule has 3 nitrogen and oxygen atoms in total. The largest absolute Gasteiger partial charge is 0.370 e. The molecule has 1 heterocycles. The maximum atomic E-state index is 5.84. The smallest absolute Gasteiger partial charge is 0.0569 e. The Morgan fingerprint density at radius 1 is 1.32 bits per heavy atom. The van der Waals surface area contributed by atoms with Gasteiger partial charge in [-0.05, 0) is 50.7 Å². The van der Waals surface area contributed by atoms with E-state index < -0.39 is 0 Å². The molecule has 0 aromatic carbocycles. The van der Waals surface area contributed by atoms with Crippen molar-refractivity contribution in [2.45, 2.75) is 58.0 Å². The second kappa shape index (κ2) is 6.38. The lowest BCUT2D eigenvalue weighted by Gasteiger charge is -2.35. The third-order valence-corrected chi connectivity index (χ3v) is 4.59. The van der Waals surface area contributed by atoms with Gasteiger partial charge in [-0.15, -0.1) is 0 Å². The minimum atomic E-state index is 0.0133. The van der Waals surface area contributed by atoms with Crippen molar-refractivity contribution in [2.75, 3.05) is 11.9 Å². The lowest BCUT2D eigenvalue weighted by molar-refractivity contribution is 0.313. The number of rotatable bonds is 4. The second-order valence-electron chi connectivity index (χ2n) is 5.92. The number of nitrogens with zero attached hydrogens (tertiary/aromatic N) is 2. The highest BCUT2D eigenvalue weighted by molar-refractivity contribution is 5.45. The summed E-state index contributed by atoms with van der Waals surface area (Å²) in [6, 6.07) is 4.89. The molecule has 106 valence electrons. The van der Waals surface area contributed by atoms with Crippen molar-refractivity contribution in [1.82, 2.24) is 4.98 Å². The maximum Gasteiger partial charge on any atom is 0.0569 e. The summed E-state index contributed by atoms with van der Waals surface area (Å²) >= 11 is 0. The molecule has 3 heteroatoms. The van der Waals surface area contributed by atoms with Gasteiger partial charge in [0.05, 0.1) is 17.6 Å². The fourth-order valence-corrected chi connectivity index (χ4v) is 3.03. The van der Waals surface area contributed by atoms with Crippen LogP contribution in [0.15, 0.2) is 18.3 Å². The Hall–Kier alpha value is -1.09. The van der Waals surface area contributed by atoms with Crippen molar-refractivity contribution >= 4 is 5.69 Å². The van der Waals surface area contributed by atoms with Gasteiger partial charge in [-0.1, -0.05) is 13.3 Å². The first-order chi connectivity index (χ1) is 9.11. The molecule has 1 aromatic heterocycles. The SMILES string of the molecule is CCC1CCC(N(C)c2ccc(C(C)N)nc2)CC1. The summed E-state index contributed by atoms with van der Waals surface area (Å²) in [7, 11) is 2.19. The highest BCUT2D eigenvalue weighted by Crippen LogP contribution is 2.31. The van der Waals surface area contributed by atoms with Crippen molar-refractivity contribution in [1.29, 1.82) is 0 Å².